The summed E-state index contributed by atoms with van der Waals surface area (Å²) in [5.74, 6) is 0.203. The van der Waals surface area contributed by atoms with Crippen molar-refractivity contribution in [2.24, 2.45) is 0 Å². The van der Waals surface area contributed by atoms with Crippen molar-refractivity contribution in [3.05, 3.63) is 90.1 Å². The number of halogens is 1. The summed E-state index contributed by atoms with van der Waals surface area (Å²) in [4.78, 5) is 24.8. The Kier molecular flexibility index (Phi) is 6.95. The number of hydrogen-bond acceptors (Lipinski definition) is 6. The van der Waals surface area contributed by atoms with E-state index in [1.54, 1.807) is 6.07 Å². The highest BCUT2D eigenvalue weighted by Crippen LogP contribution is 2.32. The van der Waals surface area contributed by atoms with Crippen LogP contribution in [0.4, 0.5) is 5.69 Å². The number of carbonyl (C=O) groups excluding carboxylic acids is 1. The molecule has 5 aromatic rings. The Balaban J connectivity index is 0.00000267. The number of rotatable bonds is 5. The zero-order valence-corrected chi connectivity index (χ0v) is 20.4. The van der Waals surface area contributed by atoms with Gasteiger partial charge in [0.15, 0.2) is 5.58 Å². The second kappa shape index (κ2) is 10.5. The molecule has 7 nitrogen and oxygen atoms in total. The molecule has 2 aromatic heterocycles. The van der Waals surface area contributed by atoms with E-state index in [9.17, 15) is 4.79 Å². The number of oxazole rings is 1. The minimum absolute atomic E-state index is 0. The molecule has 3 heterocycles. The van der Waals surface area contributed by atoms with E-state index < -0.39 is 0 Å². The third kappa shape index (κ3) is 4.81. The minimum atomic E-state index is -0.279. The summed E-state index contributed by atoms with van der Waals surface area (Å²) in [5.41, 5.74) is 5.23. The number of fused-ring (bicyclic) bond motifs is 2. The summed E-state index contributed by atoms with van der Waals surface area (Å²) < 4.78 is 6.16. The van der Waals surface area contributed by atoms with Crippen LogP contribution in [0.5, 0.6) is 0 Å². The Bertz CT molecular complexity index is 1530. The van der Waals surface area contributed by atoms with Gasteiger partial charge in [-0.05, 0) is 35.9 Å². The van der Waals surface area contributed by atoms with Crippen molar-refractivity contribution in [2.45, 2.75) is 6.54 Å². The van der Waals surface area contributed by atoms with E-state index in [4.69, 9.17) is 9.40 Å². The largest absolute Gasteiger partial charge is 0.436 e. The number of piperazine rings is 1. The maximum absolute atomic E-state index is 13.1. The smallest absolute Gasteiger partial charge is 0.274 e. The fourth-order valence-corrected chi connectivity index (χ4v) is 4.52. The molecule has 0 bridgehead atoms. The van der Waals surface area contributed by atoms with E-state index in [0.717, 1.165) is 65.9 Å². The van der Waals surface area contributed by atoms with Crippen molar-refractivity contribution in [1.29, 1.82) is 0 Å². The van der Waals surface area contributed by atoms with Crippen LogP contribution in [0.15, 0.2) is 83.3 Å². The number of anilines is 1. The topological polar surface area (TPSA) is 83.3 Å². The summed E-state index contributed by atoms with van der Waals surface area (Å²) >= 11 is 0. The quantitative estimate of drug-likeness (QED) is 0.349. The van der Waals surface area contributed by atoms with Gasteiger partial charge in [-0.25, -0.2) is 9.97 Å². The monoisotopic (exact) mass is 499 g/mol. The van der Waals surface area contributed by atoms with Gasteiger partial charge >= 0.3 is 0 Å². The standard InChI is InChI=1S/C28H25N5O2.ClH/c34-27(24-13-12-19-6-1-3-9-22(19)30-24)31-23-10-4-2-8-21(23)28-32-26-20(7-5-11-25(26)35-28)18-33-16-14-29-15-17-33;/h1-13,29H,14-18H2,(H,31,34);1H. The van der Waals surface area contributed by atoms with E-state index >= 15 is 0 Å². The molecule has 1 aliphatic heterocycles. The molecule has 3 aromatic carbocycles. The Morgan fingerprint density at radius 3 is 2.61 bits per heavy atom. The van der Waals surface area contributed by atoms with Crippen molar-refractivity contribution in [3.8, 4) is 11.5 Å². The van der Waals surface area contributed by atoms with Crippen LogP contribution >= 0.6 is 12.4 Å². The summed E-state index contributed by atoms with van der Waals surface area (Å²) in [6.45, 7) is 4.85. The first-order chi connectivity index (χ1) is 17.2. The van der Waals surface area contributed by atoms with Crippen molar-refractivity contribution in [1.82, 2.24) is 20.2 Å². The average Bonchev–Trinajstić information content (AvgIpc) is 3.35. The maximum Gasteiger partial charge on any atom is 0.274 e. The van der Waals surface area contributed by atoms with Crippen molar-refractivity contribution < 1.29 is 9.21 Å². The molecule has 0 saturated carbocycles. The van der Waals surface area contributed by atoms with E-state index in [1.165, 1.54) is 0 Å². The average molecular weight is 500 g/mol. The van der Waals surface area contributed by atoms with Crippen LogP contribution in [0.2, 0.25) is 0 Å². The number of nitrogens with one attached hydrogen (secondary N) is 2. The van der Waals surface area contributed by atoms with Gasteiger partial charge in [-0.3, -0.25) is 9.69 Å². The molecule has 6 rings (SSSR count). The summed E-state index contributed by atoms with van der Waals surface area (Å²) in [7, 11) is 0. The lowest BCUT2D eigenvalue weighted by Crippen LogP contribution is -2.42. The Hall–Kier alpha value is -3.78. The van der Waals surface area contributed by atoms with E-state index in [2.05, 4.69) is 26.6 Å². The van der Waals surface area contributed by atoms with Crippen LogP contribution < -0.4 is 10.6 Å². The molecule has 1 fully saturated rings. The predicted octanol–water partition coefficient (Wildman–Crippen LogP) is 5.12. The number of aromatic nitrogens is 2. The fraction of sp³-hybridized carbons (Fsp3) is 0.179. The van der Waals surface area contributed by atoms with Crippen LogP contribution in [0.3, 0.4) is 0 Å². The Morgan fingerprint density at radius 2 is 1.72 bits per heavy atom. The first-order valence-corrected chi connectivity index (χ1v) is 11.8. The lowest BCUT2D eigenvalue weighted by atomic mass is 10.1. The van der Waals surface area contributed by atoms with E-state index in [-0.39, 0.29) is 18.3 Å². The number of carbonyl (C=O) groups is 1. The molecule has 1 saturated heterocycles. The number of benzene rings is 3. The lowest BCUT2D eigenvalue weighted by Gasteiger charge is -2.27. The number of para-hydroxylation sites is 3. The molecule has 0 atom stereocenters. The third-order valence-corrected chi connectivity index (χ3v) is 6.34. The summed E-state index contributed by atoms with van der Waals surface area (Å²) in [6, 6.07) is 25.0. The lowest BCUT2D eigenvalue weighted by molar-refractivity contribution is 0.102. The molecule has 1 aliphatic rings. The number of nitrogens with zero attached hydrogens (tertiary/aromatic N) is 3. The van der Waals surface area contributed by atoms with Gasteiger partial charge in [-0.15, -0.1) is 12.4 Å². The van der Waals surface area contributed by atoms with Gasteiger partial charge in [0.1, 0.15) is 11.2 Å². The van der Waals surface area contributed by atoms with Gasteiger partial charge < -0.3 is 15.1 Å². The van der Waals surface area contributed by atoms with Crippen LogP contribution in [-0.2, 0) is 6.54 Å². The van der Waals surface area contributed by atoms with Crippen molar-refractivity contribution in [2.75, 3.05) is 31.5 Å². The highest BCUT2D eigenvalue weighted by atomic mass is 35.5. The highest BCUT2D eigenvalue weighted by Gasteiger charge is 2.18. The molecule has 36 heavy (non-hydrogen) atoms. The molecule has 1 amide bonds. The first kappa shape index (κ1) is 23.9. The SMILES string of the molecule is Cl.O=C(Nc1ccccc1-c1nc2c(CN3CCNCC3)cccc2o1)c1ccc2ccccc2n1. The molecule has 8 heteroatoms. The molecular formula is C28H26ClN5O2. The number of pyridine rings is 1. The van der Waals surface area contributed by atoms with E-state index in [1.807, 2.05) is 66.7 Å². The molecule has 2 N–H and O–H groups in total. The summed E-state index contributed by atoms with van der Waals surface area (Å²) in [5, 5.41) is 7.38. The van der Waals surface area contributed by atoms with Crippen molar-refractivity contribution >= 4 is 46.0 Å². The third-order valence-electron chi connectivity index (χ3n) is 6.34. The van der Waals surface area contributed by atoms with Crippen LogP contribution in [0.25, 0.3) is 33.5 Å². The molecule has 182 valence electrons. The molecule has 0 spiro atoms. The molecule has 0 aliphatic carbocycles. The molecular weight excluding hydrogens is 474 g/mol. The van der Waals surface area contributed by atoms with Crippen LogP contribution in [0, 0.1) is 0 Å². The molecule has 0 radical (unpaired) electrons. The minimum Gasteiger partial charge on any atom is -0.436 e. The Labute approximate surface area is 215 Å². The highest BCUT2D eigenvalue weighted by molar-refractivity contribution is 6.05. The zero-order chi connectivity index (χ0) is 23.6. The fourth-order valence-electron chi connectivity index (χ4n) is 4.52. The van der Waals surface area contributed by atoms with Gasteiger partial charge in [0.2, 0.25) is 5.89 Å². The molecule has 0 unspecified atom stereocenters. The number of hydrogen-bond donors (Lipinski definition) is 2. The van der Waals surface area contributed by atoms with Gasteiger partial charge in [0.05, 0.1) is 16.8 Å². The van der Waals surface area contributed by atoms with E-state index in [0.29, 0.717) is 17.3 Å². The van der Waals surface area contributed by atoms with Crippen LogP contribution in [0.1, 0.15) is 16.1 Å². The number of amides is 1. The van der Waals surface area contributed by atoms with Crippen LogP contribution in [-0.4, -0.2) is 47.0 Å². The van der Waals surface area contributed by atoms with Gasteiger partial charge in [0.25, 0.3) is 5.91 Å². The van der Waals surface area contributed by atoms with Gasteiger partial charge in [-0.2, -0.15) is 0 Å². The normalized spacial score (nSPS) is 14.0. The van der Waals surface area contributed by atoms with Crippen molar-refractivity contribution in [3.63, 3.8) is 0 Å². The second-order valence-corrected chi connectivity index (χ2v) is 8.70. The maximum atomic E-state index is 13.1. The summed E-state index contributed by atoms with van der Waals surface area (Å²) in [6.07, 6.45) is 0. The zero-order valence-electron chi connectivity index (χ0n) is 19.6. The predicted molar refractivity (Wildman–Crippen MR) is 145 cm³/mol. The Morgan fingerprint density at radius 1 is 0.917 bits per heavy atom. The second-order valence-electron chi connectivity index (χ2n) is 8.70. The first-order valence-electron chi connectivity index (χ1n) is 11.8. The van der Waals surface area contributed by atoms with Gasteiger partial charge in [0, 0.05) is 38.1 Å². The van der Waals surface area contributed by atoms with Gasteiger partial charge in [-0.1, -0.05) is 48.5 Å².